The Balaban J connectivity index is 2.99. The SMILES string of the molecule is CCNC(=O)c1nc(Cl)ccc1F. The summed E-state index contributed by atoms with van der Waals surface area (Å²) in [6.07, 6.45) is 0. The molecule has 0 saturated heterocycles. The highest BCUT2D eigenvalue weighted by Gasteiger charge is 2.12. The van der Waals surface area contributed by atoms with E-state index >= 15 is 0 Å². The molecule has 0 saturated carbocycles. The van der Waals surface area contributed by atoms with Crippen LogP contribution in [-0.4, -0.2) is 17.4 Å². The van der Waals surface area contributed by atoms with Gasteiger partial charge in [0, 0.05) is 6.54 Å². The fraction of sp³-hybridized carbons (Fsp3) is 0.250. The van der Waals surface area contributed by atoms with Crippen molar-refractivity contribution >= 4 is 17.5 Å². The number of pyridine rings is 1. The first-order chi connectivity index (χ1) is 6.15. The molecule has 0 aliphatic carbocycles. The molecule has 0 spiro atoms. The van der Waals surface area contributed by atoms with E-state index in [-0.39, 0.29) is 10.8 Å². The lowest BCUT2D eigenvalue weighted by Crippen LogP contribution is -2.24. The summed E-state index contributed by atoms with van der Waals surface area (Å²) in [4.78, 5) is 14.7. The molecule has 0 aromatic carbocycles. The van der Waals surface area contributed by atoms with Gasteiger partial charge in [-0.3, -0.25) is 4.79 Å². The Labute approximate surface area is 79.9 Å². The minimum absolute atomic E-state index is 0.0997. The van der Waals surface area contributed by atoms with Crippen molar-refractivity contribution in [2.24, 2.45) is 0 Å². The van der Waals surface area contributed by atoms with Crippen LogP contribution in [0.5, 0.6) is 0 Å². The molecule has 3 nitrogen and oxygen atoms in total. The second-order valence-corrected chi connectivity index (χ2v) is 2.71. The lowest BCUT2D eigenvalue weighted by molar-refractivity contribution is 0.0946. The zero-order valence-electron chi connectivity index (χ0n) is 6.97. The Morgan fingerprint density at radius 1 is 1.69 bits per heavy atom. The number of aromatic nitrogens is 1. The van der Waals surface area contributed by atoms with Crippen molar-refractivity contribution in [2.45, 2.75) is 6.92 Å². The van der Waals surface area contributed by atoms with Crippen LogP contribution < -0.4 is 5.32 Å². The Morgan fingerprint density at radius 3 is 3.00 bits per heavy atom. The molecule has 70 valence electrons. The average Bonchev–Trinajstić information content (AvgIpc) is 2.09. The lowest BCUT2D eigenvalue weighted by atomic mass is 10.3. The maximum atomic E-state index is 13.0. The monoisotopic (exact) mass is 202 g/mol. The third-order valence-electron chi connectivity index (χ3n) is 1.36. The van der Waals surface area contributed by atoms with Gasteiger partial charge in [-0.15, -0.1) is 0 Å². The largest absolute Gasteiger partial charge is 0.351 e. The number of hydrogen-bond donors (Lipinski definition) is 1. The normalized spacial score (nSPS) is 9.77. The van der Waals surface area contributed by atoms with Crippen molar-refractivity contribution < 1.29 is 9.18 Å². The Bertz CT molecular complexity index is 330. The Kier molecular flexibility index (Phi) is 3.19. The lowest BCUT2D eigenvalue weighted by Gasteiger charge is -2.02. The van der Waals surface area contributed by atoms with Gasteiger partial charge >= 0.3 is 0 Å². The van der Waals surface area contributed by atoms with Crippen LogP contribution in [0.25, 0.3) is 0 Å². The molecule has 0 bridgehead atoms. The molecule has 1 rings (SSSR count). The van der Waals surface area contributed by atoms with Crippen LogP contribution in [0.1, 0.15) is 17.4 Å². The van der Waals surface area contributed by atoms with Gasteiger partial charge in [-0.1, -0.05) is 11.6 Å². The van der Waals surface area contributed by atoms with Gasteiger partial charge in [0.2, 0.25) is 0 Å². The molecule has 5 heteroatoms. The summed E-state index contributed by atoms with van der Waals surface area (Å²) < 4.78 is 13.0. The summed E-state index contributed by atoms with van der Waals surface area (Å²) in [6.45, 7) is 2.16. The zero-order valence-corrected chi connectivity index (χ0v) is 7.73. The van der Waals surface area contributed by atoms with Gasteiger partial charge in [-0.25, -0.2) is 9.37 Å². The van der Waals surface area contributed by atoms with Crippen LogP contribution in [0.15, 0.2) is 12.1 Å². The molecule has 0 unspecified atom stereocenters. The van der Waals surface area contributed by atoms with Crippen LogP contribution >= 0.6 is 11.6 Å². The molecule has 1 aromatic heterocycles. The van der Waals surface area contributed by atoms with Gasteiger partial charge < -0.3 is 5.32 Å². The first-order valence-electron chi connectivity index (χ1n) is 3.75. The van der Waals surface area contributed by atoms with E-state index in [1.54, 1.807) is 6.92 Å². The Hall–Kier alpha value is -1.16. The molecule has 1 N–H and O–H groups in total. The molecule has 1 aromatic rings. The quantitative estimate of drug-likeness (QED) is 0.741. The van der Waals surface area contributed by atoms with Crippen molar-refractivity contribution in [1.82, 2.24) is 10.3 Å². The van der Waals surface area contributed by atoms with Gasteiger partial charge in [0.25, 0.3) is 5.91 Å². The highest BCUT2D eigenvalue weighted by Crippen LogP contribution is 2.09. The van der Waals surface area contributed by atoms with Crippen LogP contribution in [0, 0.1) is 5.82 Å². The number of halogens is 2. The molecule has 13 heavy (non-hydrogen) atoms. The minimum Gasteiger partial charge on any atom is -0.351 e. The van der Waals surface area contributed by atoms with Gasteiger partial charge in [0.15, 0.2) is 11.5 Å². The molecule has 0 radical (unpaired) electrons. The maximum absolute atomic E-state index is 13.0. The maximum Gasteiger partial charge on any atom is 0.272 e. The molecule has 1 heterocycles. The fourth-order valence-electron chi connectivity index (χ4n) is 0.822. The van der Waals surface area contributed by atoms with Gasteiger partial charge in [0.05, 0.1) is 0 Å². The van der Waals surface area contributed by atoms with E-state index in [1.807, 2.05) is 0 Å². The molecular weight excluding hydrogens is 195 g/mol. The zero-order chi connectivity index (χ0) is 9.84. The number of nitrogens with one attached hydrogen (secondary N) is 1. The summed E-state index contributed by atoms with van der Waals surface area (Å²) in [5.41, 5.74) is -0.269. The van der Waals surface area contributed by atoms with E-state index < -0.39 is 11.7 Å². The van der Waals surface area contributed by atoms with E-state index in [0.29, 0.717) is 6.54 Å². The van der Waals surface area contributed by atoms with E-state index in [0.717, 1.165) is 6.07 Å². The fourth-order valence-corrected chi connectivity index (χ4v) is 0.969. The van der Waals surface area contributed by atoms with Crippen molar-refractivity contribution in [3.8, 4) is 0 Å². The molecule has 0 aliphatic rings. The first kappa shape index (κ1) is 9.92. The van der Waals surface area contributed by atoms with Crippen molar-refractivity contribution in [1.29, 1.82) is 0 Å². The van der Waals surface area contributed by atoms with Crippen molar-refractivity contribution in [3.63, 3.8) is 0 Å². The number of amides is 1. The van der Waals surface area contributed by atoms with E-state index in [2.05, 4.69) is 10.3 Å². The summed E-state index contributed by atoms with van der Waals surface area (Å²) in [5.74, 6) is -1.22. The van der Waals surface area contributed by atoms with Crippen LogP contribution in [0.4, 0.5) is 4.39 Å². The number of carbonyl (C=O) groups is 1. The van der Waals surface area contributed by atoms with Gasteiger partial charge in [-0.05, 0) is 19.1 Å². The van der Waals surface area contributed by atoms with E-state index in [9.17, 15) is 9.18 Å². The summed E-state index contributed by atoms with van der Waals surface area (Å²) in [7, 11) is 0. The van der Waals surface area contributed by atoms with Crippen molar-refractivity contribution in [2.75, 3.05) is 6.54 Å². The third-order valence-corrected chi connectivity index (χ3v) is 1.57. The number of nitrogens with zero attached hydrogens (tertiary/aromatic N) is 1. The van der Waals surface area contributed by atoms with Crippen molar-refractivity contribution in [3.05, 3.63) is 28.8 Å². The van der Waals surface area contributed by atoms with Crippen LogP contribution in [0.2, 0.25) is 5.15 Å². The molecule has 0 fully saturated rings. The highest BCUT2D eigenvalue weighted by molar-refractivity contribution is 6.29. The van der Waals surface area contributed by atoms with Gasteiger partial charge in [0.1, 0.15) is 5.15 Å². The third kappa shape index (κ3) is 2.39. The molecule has 1 amide bonds. The summed E-state index contributed by atoms with van der Waals surface area (Å²) in [5, 5.41) is 2.53. The number of hydrogen-bond acceptors (Lipinski definition) is 2. The Morgan fingerprint density at radius 2 is 2.38 bits per heavy atom. The number of rotatable bonds is 2. The second kappa shape index (κ2) is 4.18. The highest BCUT2D eigenvalue weighted by atomic mass is 35.5. The van der Waals surface area contributed by atoms with Crippen LogP contribution in [-0.2, 0) is 0 Å². The summed E-state index contributed by atoms with van der Waals surface area (Å²) >= 11 is 5.50. The molecule has 0 aliphatic heterocycles. The second-order valence-electron chi connectivity index (χ2n) is 2.32. The summed E-state index contributed by atoms with van der Waals surface area (Å²) in [6, 6.07) is 2.40. The smallest absolute Gasteiger partial charge is 0.272 e. The van der Waals surface area contributed by atoms with Gasteiger partial charge in [-0.2, -0.15) is 0 Å². The van der Waals surface area contributed by atoms with E-state index in [1.165, 1.54) is 6.07 Å². The standard InChI is InChI=1S/C8H8ClFN2O/c1-2-11-8(13)7-5(10)3-4-6(9)12-7/h3-4H,2H2,1H3,(H,11,13). The molecule has 0 atom stereocenters. The van der Waals surface area contributed by atoms with E-state index in [4.69, 9.17) is 11.6 Å². The average molecular weight is 203 g/mol. The number of carbonyl (C=O) groups excluding carboxylic acids is 1. The predicted octanol–water partition coefficient (Wildman–Crippen LogP) is 1.62. The first-order valence-corrected chi connectivity index (χ1v) is 4.13. The topological polar surface area (TPSA) is 42.0 Å². The van der Waals surface area contributed by atoms with Crippen LogP contribution in [0.3, 0.4) is 0 Å². The predicted molar refractivity (Wildman–Crippen MR) is 47.2 cm³/mol. The molecular formula is C8H8ClFN2O. The minimum atomic E-state index is -0.671.